The number of aliphatic hydroxyl groups is 1. The third-order valence-corrected chi connectivity index (χ3v) is 4.57. The van der Waals surface area contributed by atoms with Crippen LogP contribution >= 0.6 is 0 Å². The molecule has 0 aliphatic heterocycles. The Labute approximate surface area is 132 Å². The van der Waals surface area contributed by atoms with Gasteiger partial charge in [0.1, 0.15) is 11.9 Å². The van der Waals surface area contributed by atoms with Crippen molar-refractivity contribution in [2.75, 3.05) is 0 Å². The van der Waals surface area contributed by atoms with Crippen LogP contribution in [-0.2, 0) is 0 Å². The van der Waals surface area contributed by atoms with Crippen LogP contribution in [0.15, 0.2) is 22.8 Å². The lowest BCUT2D eigenvalue weighted by Crippen LogP contribution is -2.49. The van der Waals surface area contributed by atoms with Crippen molar-refractivity contribution in [3.63, 3.8) is 0 Å². The van der Waals surface area contributed by atoms with E-state index in [4.69, 9.17) is 4.42 Å². The van der Waals surface area contributed by atoms with Crippen LogP contribution in [0.2, 0.25) is 0 Å². The highest BCUT2D eigenvalue weighted by atomic mass is 16.4. The van der Waals surface area contributed by atoms with Crippen LogP contribution in [0.5, 0.6) is 0 Å². The van der Waals surface area contributed by atoms with Crippen molar-refractivity contribution in [3.05, 3.63) is 24.2 Å². The predicted octanol–water partition coefficient (Wildman–Crippen LogP) is 3.22. The summed E-state index contributed by atoms with van der Waals surface area (Å²) >= 11 is 0. The second-order valence-electron chi connectivity index (χ2n) is 6.79. The van der Waals surface area contributed by atoms with Gasteiger partial charge >= 0.3 is 6.03 Å². The molecule has 0 spiro atoms. The molecule has 1 heterocycles. The fraction of sp³-hybridized carbons (Fsp3) is 0.706. The van der Waals surface area contributed by atoms with E-state index < -0.39 is 6.10 Å². The smallest absolute Gasteiger partial charge is 0.315 e. The molecule has 5 atom stereocenters. The molecule has 1 aromatic heterocycles. The molecule has 0 bridgehead atoms. The van der Waals surface area contributed by atoms with Crippen molar-refractivity contribution in [3.8, 4) is 0 Å². The fourth-order valence-electron chi connectivity index (χ4n) is 3.30. The normalized spacial score (nSPS) is 27.9. The SMILES string of the molecule is CC1CCC(NC(=O)NC(C)CC(O)c2ccco2)C(C)C1. The molecule has 2 amide bonds. The first-order valence-corrected chi connectivity index (χ1v) is 8.24. The van der Waals surface area contributed by atoms with Crippen LogP contribution in [0.1, 0.15) is 58.3 Å². The number of aliphatic hydroxyl groups excluding tert-OH is 1. The minimum Gasteiger partial charge on any atom is -0.467 e. The Morgan fingerprint density at radius 3 is 2.86 bits per heavy atom. The summed E-state index contributed by atoms with van der Waals surface area (Å²) in [6.45, 7) is 6.35. The van der Waals surface area contributed by atoms with Crippen molar-refractivity contribution in [1.29, 1.82) is 0 Å². The molecule has 124 valence electrons. The Morgan fingerprint density at radius 2 is 2.23 bits per heavy atom. The van der Waals surface area contributed by atoms with E-state index in [-0.39, 0.29) is 18.1 Å². The van der Waals surface area contributed by atoms with E-state index in [2.05, 4.69) is 24.5 Å². The predicted molar refractivity (Wildman–Crippen MR) is 85.4 cm³/mol. The van der Waals surface area contributed by atoms with E-state index in [1.807, 2.05) is 6.92 Å². The summed E-state index contributed by atoms with van der Waals surface area (Å²) in [4.78, 5) is 12.1. The van der Waals surface area contributed by atoms with Crippen LogP contribution < -0.4 is 10.6 Å². The maximum absolute atomic E-state index is 12.1. The molecule has 1 aliphatic rings. The summed E-state index contributed by atoms with van der Waals surface area (Å²) in [6.07, 6.45) is 4.64. The van der Waals surface area contributed by atoms with E-state index >= 15 is 0 Å². The molecule has 5 unspecified atom stereocenters. The average Bonchev–Trinajstić information content (AvgIpc) is 2.95. The zero-order chi connectivity index (χ0) is 16.1. The average molecular weight is 308 g/mol. The number of carbonyl (C=O) groups excluding carboxylic acids is 1. The maximum atomic E-state index is 12.1. The molecule has 22 heavy (non-hydrogen) atoms. The van der Waals surface area contributed by atoms with Gasteiger partial charge in [0.2, 0.25) is 0 Å². The summed E-state index contributed by atoms with van der Waals surface area (Å²) in [6, 6.07) is 3.46. The van der Waals surface area contributed by atoms with E-state index in [1.54, 1.807) is 12.1 Å². The molecule has 2 rings (SSSR count). The summed E-state index contributed by atoms with van der Waals surface area (Å²) in [5, 5.41) is 16.0. The van der Waals surface area contributed by atoms with Crippen LogP contribution in [0.3, 0.4) is 0 Å². The Hall–Kier alpha value is -1.49. The highest BCUT2D eigenvalue weighted by molar-refractivity contribution is 5.74. The Bertz CT molecular complexity index is 460. The van der Waals surface area contributed by atoms with Gasteiger partial charge in [0.15, 0.2) is 0 Å². The minimum atomic E-state index is -0.695. The Balaban J connectivity index is 1.74. The highest BCUT2D eigenvalue weighted by Crippen LogP contribution is 2.28. The lowest BCUT2D eigenvalue weighted by molar-refractivity contribution is 0.129. The van der Waals surface area contributed by atoms with Crippen LogP contribution in [0, 0.1) is 11.8 Å². The summed E-state index contributed by atoms with van der Waals surface area (Å²) in [5.41, 5.74) is 0. The van der Waals surface area contributed by atoms with Crippen molar-refractivity contribution >= 4 is 6.03 Å². The van der Waals surface area contributed by atoms with Crippen molar-refractivity contribution in [2.24, 2.45) is 11.8 Å². The minimum absolute atomic E-state index is 0.127. The monoisotopic (exact) mass is 308 g/mol. The number of furan rings is 1. The van der Waals surface area contributed by atoms with Gasteiger partial charge in [-0.3, -0.25) is 0 Å². The summed E-state index contributed by atoms with van der Waals surface area (Å²) < 4.78 is 5.17. The molecule has 1 saturated carbocycles. The van der Waals surface area contributed by atoms with Crippen LogP contribution in [0.4, 0.5) is 4.79 Å². The number of nitrogens with one attached hydrogen (secondary N) is 2. The molecular formula is C17H28N2O3. The van der Waals surface area contributed by atoms with Gasteiger partial charge in [-0.15, -0.1) is 0 Å². The van der Waals surface area contributed by atoms with Gasteiger partial charge in [0.25, 0.3) is 0 Å². The number of rotatable bonds is 5. The largest absolute Gasteiger partial charge is 0.467 e. The summed E-state index contributed by atoms with van der Waals surface area (Å²) in [5.74, 6) is 1.79. The van der Waals surface area contributed by atoms with Gasteiger partial charge in [0.05, 0.1) is 6.26 Å². The maximum Gasteiger partial charge on any atom is 0.315 e. The molecule has 3 N–H and O–H groups in total. The van der Waals surface area contributed by atoms with Gasteiger partial charge in [-0.2, -0.15) is 0 Å². The zero-order valence-electron chi connectivity index (χ0n) is 13.7. The molecule has 1 aromatic rings. The molecule has 0 saturated heterocycles. The second-order valence-corrected chi connectivity index (χ2v) is 6.79. The molecule has 0 radical (unpaired) electrons. The lowest BCUT2D eigenvalue weighted by Gasteiger charge is -2.33. The second kappa shape index (κ2) is 7.68. The van der Waals surface area contributed by atoms with Crippen LogP contribution in [0.25, 0.3) is 0 Å². The molecular weight excluding hydrogens is 280 g/mol. The van der Waals surface area contributed by atoms with Crippen molar-refractivity contribution < 1.29 is 14.3 Å². The van der Waals surface area contributed by atoms with Crippen molar-refractivity contribution in [1.82, 2.24) is 10.6 Å². The Kier molecular flexibility index (Phi) is 5.89. The number of amides is 2. The van der Waals surface area contributed by atoms with E-state index in [0.29, 0.717) is 18.1 Å². The van der Waals surface area contributed by atoms with Crippen molar-refractivity contribution in [2.45, 2.75) is 64.6 Å². The third kappa shape index (κ3) is 4.77. The van der Waals surface area contributed by atoms with Gasteiger partial charge in [-0.25, -0.2) is 4.79 Å². The quantitative estimate of drug-likeness (QED) is 0.782. The first-order chi connectivity index (χ1) is 10.5. The third-order valence-electron chi connectivity index (χ3n) is 4.57. The van der Waals surface area contributed by atoms with Gasteiger partial charge in [0, 0.05) is 18.5 Å². The van der Waals surface area contributed by atoms with Crippen LogP contribution in [-0.4, -0.2) is 23.2 Å². The number of hydrogen-bond donors (Lipinski definition) is 3. The molecule has 5 nitrogen and oxygen atoms in total. The Morgan fingerprint density at radius 1 is 1.45 bits per heavy atom. The van der Waals surface area contributed by atoms with E-state index in [0.717, 1.165) is 18.8 Å². The molecule has 5 heteroatoms. The van der Waals surface area contributed by atoms with Gasteiger partial charge in [-0.1, -0.05) is 13.8 Å². The zero-order valence-corrected chi connectivity index (χ0v) is 13.7. The van der Waals surface area contributed by atoms with Gasteiger partial charge in [-0.05, 0) is 50.2 Å². The first-order valence-electron chi connectivity index (χ1n) is 8.24. The van der Waals surface area contributed by atoms with E-state index in [1.165, 1.54) is 12.7 Å². The molecule has 1 aliphatic carbocycles. The topological polar surface area (TPSA) is 74.5 Å². The molecule has 1 fully saturated rings. The molecule has 0 aromatic carbocycles. The number of carbonyl (C=O) groups is 1. The van der Waals surface area contributed by atoms with Gasteiger partial charge < -0.3 is 20.2 Å². The number of hydrogen-bond acceptors (Lipinski definition) is 3. The highest BCUT2D eigenvalue weighted by Gasteiger charge is 2.27. The standard InChI is InChI=1S/C17H28N2O3/c1-11-6-7-14(12(2)9-11)19-17(21)18-13(3)10-15(20)16-5-4-8-22-16/h4-5,8,11-15,20H,6-7,9-10H2,1-3H3,(H2,18,19,21). The lowest BCUT2D eigenvalue weighted by atomic mass is 9.80. The van der Waals surface area contributed by atoms with E-state index in [9.17, 15) is 9.90 Å². The first kappa shape index (κ1) is 16.9. The summed E-state index contributed by atoms with van der Waals surface area (Å²) in [7, 11) is 0. The fourth-order valence-corrected chi connectivity index (χ4v) is 3.30. The number of urea groups is 1.